The van der Waals surface area contributed by atoms with E-state index >= 15 is 0 Å². The quantitative estimate of drug-likeness (QED) is 0.923. The lowest BCUT2D eigenvalue weighted by Gasteiger charge is -2.41. The Morgan fingerprint density at radius 1 is 1.17 bits per heavy atom. The van der Waals surface area contributed by atoms with E-state index in [2.05, 4.69) is 17.0 Å². The Balaban J connectivity index is 1.49. The molecule has 1 atom stereocenters. The van der Waals surface area contributed by atoms with Crippen molar-refractivity contribution in [3.8, 4) is 0 Å². The molecule has 1 heterocycles. The van der Waals surface area contributed by atoms with Crippen molar-refractivity contribution < 1.29 is 9.90 Å². The van der Waals surface area contributed by atoms with Crippen LogP contribution in [0.2, 0.25) is 0 Å². The van der Waals surface area contributed by atoms with Crippen LogP contribution >= 0.6 is 0 Å². The first-order valence-corrected chi connectivity index (χ1v) is 9.22. The van der Waals surface area contributed by atoms with Crippen LogP contribution in [0.1, 0.15) is 62.0 Å². The van der Waals surface area contributed by atoms with Crippen LogP contribution in [-0.2, 0) is 10.2 Å². The van der Waals surface area contributed by atoms with Gasteiger partial charge in [-0.25, -0.2) is 0 Å². The van der Waals surface area contributed by atoms with Gasteiger partial charge in [0.1, 0.15) is 0 Å². The number of aliphatic carboxylic acids is 1. The lowest BCUT2D eigenvalue weighted by atomic mass is 9.73. The topological polar surface area (TPSA) is 40.5 Å². The molecule has 1 unspecified atom stereocenters. The van der Waals surface area contributed by atoms with Gasteiger partial charge in [-0.1, -0.05) is 37.1 Å². The molecule has 23 heavy (non-hydrogen) atoms. The van der Waals surface area contributed by atoms with Gasteiger partial charge in [-0.3, -0.25) is 4.79 Å². The minimum atomic E-state index is -0.650. The van der Waals surface area contributed by atoms with Gasteiger partial charge in [-0.05, 0) is 67.7 Å². The Morgan fingerprint density at radius 3 is 2.57 bits per heavy atom. The fraction of sp³-hybridized carbons (Fsp3) is 0.650. The molecule has 3 heteroatoms. The summed E-state index contributed by atoms with van der Waals surface area (Å²) in [6.45, 7) is 3.54. The minimum Gasteiger partial charge on any atom is -0.481 e. The van der Waals surface area contributed by atoms with Crippen molar-refractivity contribution in [3.63, 3.8) is 0 Å². The molecule has 1 saturated heterocycles. The number of nitrogens with zero attached hydrogens (tertiary/aromatic N) is 1. The van der Waals surface area contributed by atoms with Crippen LogP contribution in [0.4, 0.5) is 0 Å². The highest BCUT2D eigenvalue weighted by Crippen LogP contribution is 2.51. The number of benzene rings is 1. The van der Waals surface area contributed by atoms with Gasteiger partial charge in [-0.15, -0.1) is 0 Å². The molecule has 1 saturated carbocycles. The zero-order valence-electron chi connectivity index (χ0n) is 13.8. The zero-order valence-corrected chi connectivity index (χ0v) is 13.8. The van der Waals surface area contributed by atoms with Crippen LogP contribution in [0.15, 0.2) is 24.3 Å². The summed E-state index contributed by atoms with van der Waals surface area (Å²) in [5.41, 5.74) is 2.52. The van der Waals surface area contributed by atoms with Crippen LogP contribution in [0.25, 0.3) is 0 Å². The van der Waals surface area contributed by atoms with Gasteiger partial charge in [-0.2, -0.15) is 0 Å². The highest BCUT2D eigenvalue weighted by Gasteiger charge is 2.47. The molecule has 0 bridgehead atoms. The second-order valence-corrected chi connectivity index (χ2v) is 7.91. The van der Waals surface area contributed by atoms with Crippen molar-refractivity contribution in [1.29, 1.82) is 0 Å². The van der Waals surface area contributed by atoms with Gasteiger partial charge in [0.25, 0.3) is 0 Å². The molecule has 1 aliphatic heterocycles. The van der Waals surface area contributed by atoms with Gasteiger partial charge in [0, 0.05) is 6.54 Å². The fourth-order valence-corrected chi connectivity index (χ4v) is 5.31. The van der Waals surface area contributed by atoms with Gasteiger partial charge < -0.3 is 10.0 Å². The first-order chi connectivity index (χ1) is 11.2. The highest BCUT2D eigenvalue weighted by molar-refractivity contribution is 5.78. The Labute approximate surface area is 138 Å². The number of hydrogen-bond donors (Lipinski definition) is 1. The SMILES string of the molecule is O=C(O)C1CC2(CCN(CC3CCCC3)CC2)c2ccccc21. The van der Waals surface area contributed by atoms with E-state index in [1.54, 1.807) is 0 Å². The molecule has 1 N–H and O–H groups in total. The Kier molecular flexibility index (Phi) is 3.92. The number of carbonyl (C=O) groups is 1. The molecule has 2 aliphatic carbocycles. The van der Waals surface area contributed by atoms with Crippen LogP contribution in [0, 0.1) is 5.92 Å². The summed E-state index contributed by atoms with van der Waals surface area (Å²) in [5, 5.41) is 9.61. The molecule has 1 aromatic rings. The fourth-order valence-electron chi connectivity index (χ4n) is 5.31. The predicted octanol–water partition coefficient (Wildman–Crippen LogP) is 3.78. The summed E-state index contributed by atoms with van der Waals surface area (Å²) in [5.74, 6) is -0.0398. The van der Waals surface area contributed by atoms with E-state index in [0.717, 1.165) is 43.8 Å². The maximum absolute atomic E-state index is 11.7. The molecule has 3 nitrogen and oxygen atoms in total. The lowest BCUT2D eigenvalue weighted by molar-refractivity contribution is -0.139. The Bertz CT molecular complexity index is 583. The Hall–Kier alpha value is -1.35. The lowest BCUT2D eigenvalue weighted by Crippen LogP contribution is -2.43. The number of carboxylic acid groups (broad SMARTS) is 1. The number of carboxylic acids is 1. The van der Waals surface area contributed by atoms with Gasteiger partial charge in [0.15, 0.2) is 0 Å². The standard InChI is InChI=1S/C20H27NO2/c22-19(23)17-13-20(18-8-4-3-7-16(17)18)9-11-21(12-10-20)14-15-5-1-2-6-15/h3-4,7-8,15,17H,1-2,5-6,9-14H2,(H,22,23). The van der Waals surface area contributed by atoms with E-state index in [0.29, 0.717) is 0 Å². The monoisotopic (exact) mass is 313 g/mol. The predicted molar refractivity (Wildman–Crippen MR) is 90.7 cm³/mol. The van der Waals surface area contributed by atoms with Gasteiger partial charge >= 0.3 is 5.97 Å². The first-order valence-electron chi connectivity index (χ1n) is 9.22. The second kappa shape index (κ2) is 5.94. The smallest absolute Gasteiger partial charge is 0.311 e. The summed E-state index contributed by atoms with van der Waals surface area (Å²) in [6, 6.07) is 8.29. The van der Waals surface area contributed by atoms with E-state index in [9.17, 15) is 9.90 Å². The van der Waals surface area contributed by atoms with E-state index < -0.39 is 5.97 Å². The van der Waals surface area contributed by atoms with Crippen molar-refractivity contribution >= 4 is 5.97 Å². The van der Waals surface area contributed by atoms with E-state index in [1.807, 2.05) is 12.1 Å². The molecule has 4 rings (SSSR count). The molecule has 124 valence electrons. The van der Waals surface area contributed by atoms with Crippen molar-refractivity contribution in [3.05, 3.63) is 35.4 Å². The first kappa shape index (κ1) is 15.2. The number of rotatable bonds is 3. The average Bonchev–Trinajstić information content (AvgIpc) is 3.17. The summed E-state index contributed by atoms with van der Waals surface area (Å²) >= 11 is 0. The van der Waals surface area contributed by atoms with Gasteiger partial charge in [0.2, 0.25) is 0 Å². The van der Waals surface area contributed by atoms with Crippen molar-refractivity contribution in [1.82, 2.24) is 4.90 Å². The largest absolute Gasteiger partial charge is 0.481 e. The van der Waals surface area contributed by atoms with Crippen molar-refractivity contribution in [2.45, 2.75) is 56.3 Å². The number of likely N-dealkylation sites (tertiary alicyclic amines) is 1. The third-order valence-corrected chi connectivity index (χ3v) is 6.60. The number of piperidine rings is 1. The third kappa shape index (κ3) is 2.69. The van der Waals surface area contributed by atoms with E-state index in [-0.39, 0.29) is 11.3 Å². The average molecular weight is 313 g/mol. The van der Waals surface area contributed by atoms with Crippen molar-refractivity contribution in [2.24, 2.45) is 5.92 Å². The molecule has 1 spiro atoms. The number of fused-ring (bicyclic) bond motifs is 2. The maximum Gasteiger partial charge on any atom is 0.311 e. The summed E-state index contributed by atoms with van der Waals surface area (Å²) in [4.78, 5) is 14.3. The molecule has 3 aliphatic rings. The maximum atomic E-state index is 11.7. The van der Waals surface area contributed by atoms with Crippen LogP contribution in [0.5, 0.6) is 0 Å². The van der Waals surface area contributed by atoms with Crippen LogP contribution < -0.4 is 0 Å². The summed E-state index contributed by atoms with van der Waals surface area (Å²) in [7, 11) is 0. The molecular formula is C20H27NO2. The summed E-state index contributed by atoms with van der Waals surface area (Å²) < 4.78 is 0. The van der Waals surface area contributed by atoms with Crippen LogP contribution in [0.3, 0.4) is 0 Å². The molecule has 0 aromatic heterocycles. The molecule has 2 fully saturated rings. The van der Waals surface area contributed by atoms with E-state index in [4.69, 9.17) is 0 Å². The molecular weight excluding hydrogens is 286 g/mol. The van der Waals surface area contributed by atoms with E-state index in [1.165, 1.54) is 37.8 Å². The molecule has 1 aromatic carbocycles. The van der Waals surface area contributed by atoms with Crippen molar-refractivity contribution in [2.75, 3.05) is 19.6 Å². The highest BCUT2D eigenvalue weighted by atomic mass is 16.4. The summed E-state index contributed by atoms with van der Waals surface area (Å²) in [6.07, 6.45) is 8.70. The second-order valence-electron chi connectivity index (χ2n) is 7.91. The minimum absolute atomic E-state index is 0.117. The molecule has 0 radical (unpaired) electrons. The number of hydrogen-bond acceptors (Lipinski definition) is 2. The Morgan fingerprint density at radius 2 is 1.87 bits per heavy atom. The molecule has 0 amide bonds. The zero-order chi connectivity index (χ0) is 15.9. The van der Waals surface area contributed by atoms with Crippen LogP contribution in [-0.4, -0.2) is 35.6 Å². The van der Waals surface area contributed by atoms with Gasteiger partial charge in [0.05, 0.1) is 5.92 Å². The normalized spacial score (nSPS) is 27.4. The third-order valence-electron chi connectivity index (χ3n) is 6.60.